The van der Waals surface area contributed by atoms with Crippen LogP contribution in [0.15, 0.2) is 53.0 Å². The van der Waals surface area contributed by atoms with E-state index in [0.717, 1.165) is 15.6 Å². The van der Waals surface area contributed by atoms with Crippen molar-refractivity contribution < 1.29 is 18.0 Å². The number of sulfonamides is 1. The summed E-state index contributed by atoms with van der Waals surface area (Å²) in [6.45, 7) is 8.59. The third-order valence-electron chi connectivity index (χ3n) is 5.63. The Morgan fingerprint density at radius 2 is 1.74 bits per heavy atom. The van der Waals surface area contributed by atoms with Gasteiger partial charge in [-0.05, 0) is 55.5 Å². The number of nitrogens with zero attached hydrogens (tertiary/aromatic N) is 2. The van der Waals surface area contributed by atoms with Crippen molar-refractivity contribution >= 4 is 43.5 Å². The predicted molar refractivity (Wildman–Crippen MR) is 145 cm³/mol. The maximum atomic E-state index is 13.3. The topological polar surface area (TPSA) is 86.8 Å². The number of carbonyl (C=O) groups excluding carboxylic acids is 2. The molecular weight excluding hydrogens is 530 g/mol. The minimum Gasteiger partial charge on any atom is -0.354 e. The zero-order chi connectivity index (χ0) is 26.2. The van der Waals surface area contributed by atoms with Gasteiger partial charge in [-0.2, -0.15) is 0 Å². The molecule has 2 aromatic carbocycles. The standard InChI is InChI=1S/C26H36BrN3O4S/c1-19(2)17-28-26(32)21(4)29(18-22-11-8-12-23(27)16-22)25(31)14-9-15-30(35(5,33)34)24-13-7-6-10-20(24)3/h6-8,10-13,16,19,21H,9,14-15,17-18H2,1-5H3,(H,28,32)/t21-/m0/s1. The van der Waals surface area contributed by atoms with Crippen LogP contribution in [-0.4, -0.2) is 50.5 Å². The number of nitrogens with one attached hydrogen (secondary N) is 1. The highest BCUT2D eigenvalue weighted by Crippen LogP contribution is 2.23. The van der Waals surface area contributed by atoms with Crippen LogP contribution >= 0.6 is 15.9 Å². The SMILES string of the molecule is Cc1ccccc1N(CCCC(=O)N(Cc1cccc(Br)c1)[C@@H](C)C(=O)NCC(C)C)S(C)(=O)=O. The summed E-state index contributed by atoms with van der Waals surface area (Å²) in [6, 6.07) is 14.2. The molecule has 2 amide bonds. The molecule has 0 saturated heterocycles. The van der Waals surface area contributed by atoms with Crippen molar-refractivity contribution in [3.05, 3.63) is 64.1 Å². The lowest BCUT2D eigenvalue weighted by atomic mass is 10.1. The van der Waals surface area contributed by atoms with E-state index in [2.05, 4.69) is 21.2 Å². The van der Waals surface area contributed by atoms with Crippen LogP contribution in [0.25, 0.3) is 0 Å². The number of aryl methyl sites for hydroxylation is 1. The van der Waals surface area contributed by atoms with Crippen LogP contribution in [0.2, 0.25) is 0 Å². The van der Waals surface area contributed by atoms with Gasteiger partial charge in [-0.15, -0.1) is 0 Å². The van der Waals surface area contributed by atoms with Crippen molar-refractivity contribution in [3.63, 3.8) is 0 Å². The molecule has 1 N–H and O–H groups in total. The molecule has 2 aromatic rings. The van der Waals surface area contributed by atoms with Gasteiger partial charge < -0.3 is 10.2 Å². The number of benzene rings is 2. The van der Waals surface area contributed by atoms with Crippen molar-refractivity contribution in [3.8, 4) is 0 Å². The van der Waals surface area contributed by atoms with Gasteiger partial charge in [-0.1, -0.05) is 60.1 Å². The van der Waals surface area contributed by atoms with Gasteiger partial charge in [-0.25, -0.2) is 8.42 Å². The van der Waals surface area contributed by atoms with Gasteiger partial charge in [0.25, 0.3) is 0 Å². The molecule has 0 aliphatic carbocycles. The number of amides is 2. The second-order valence-electron chi connectivity index (χ2n) is 9.19. The number of anilines is 1. The molecule has 1 atom stereocenters. The number of rotatable bonds is 12. The van der Waals surface area contributed by atoms with Crippen LogP contribution in [0, 0.1) is 12.8 Å². The highest BCUT2D eigenvalue weighted by atomic mass is 79.9. The summed E-state index contributed by atoms with van der Waals surface area (Å²) in [7, 11) is -3.52. The lowest BCUT2D eigenvalue weighted by molar-refractivity contribution is -0.140. The largest absolute Gasteiger partial charge is 0.354 e. The molecule has 0 bridgehead atoms. The summed E-state index contributed by atoms with van der Waals surface area (Å²) in [6.07, 6.45) is 1.62. The normalized spacial score (nSPS) is 12.3. The number of carbonyl (C=O) groups is 2. The lowest BCUT2D eigenvalue weighted by Crippen LogP contribution is -2.48. The van der Waals surface area contributed by atoms with Crippen LogP contribution < -0.4 is 9.62 Å². The monoisotopic (exact) mass is 565 g/mol. The van der Waals surface area contributed by atoms with Gasteiger partial charge in [0.1, 0.15) is 6.04 Å². The van der Waals surface area contributed by atoms with Gasteiger partial charge in [0.2, 0.25) is 21.8 Å². The maximum absolute atomic E-state index is 13.3. The summed E-state index contributed by atoms with van der Waals surface area (Å²) >= 11 is 3.46. The highest BCUT2D eigenvalue weighted by Gasteiger charge is 2.27. The molecule has 0 aromatic heterocycles. The van der Waals surface area contributed by atoms with Crippen molar-refractivity contribution in [2.24, 2.45) is 5.92 Å². The average Bonchev–Trinajstić information content (AvgIpc) is 2.78. The smallest absolute Gasteiger partial charge is 0.242 e. The first-order valence-electron chi connectivity index (χ1n) is 11.7. The van der Waals surface area contributed by atoms with Crippen LogP contribution in [0.1, 0.15) is 44.7 Å². The van der Waals surface area contributed by atoms with E-state index in [1.807, 2.05) is 57.2 Å². The zero-order valence-electron chi connectivity index (χ0n) is 21.1. The third-order valence-corrected chi connectivity index (χ3v) is 7.30. The van der Waals surface area contributed by atoms with Crippen molar-refractivity contribution in [1.82, 2.24) is 10.2 Å². The van der Waals surface area contributed by atoms with E-state index in [-0.39, 0.29) is 31.3 Å². The molecule has 9 heteroatoms. The molecule has 0 radical (unpaired) electrons. The van der Waals surface area contributed by atoms with Gasteiger partial charge in [-0.3, -0.25) is 13.9 Å². The fraction of sp³-hybridized carbons (Fsp3) is 0.462. The second kappa shape index (κ2) is 13.1. The molecule has 0 unspecified atom stereocenters. The van der Waals surface area contributed by atoms with Crippen molar-refractivity contribution in [1.29, 1.82) is 0 Å². The molecule has 0 aliphatic rings. The zero-order valence-corrected chi connectivity index (χ0v) is 23.5. The predicted octanol–water partition coefficient (Wildman–Crippen LogP) is 4.49. The van der Waals surface area contributed by atoms with E-state index in [1.54, 1.807) is 24.0 Å². The second-order valence-corrected chi connectivity index (χ2v) is 12.0. The quantitative estimate of drug-likeness (QED) is 0.410. The van der Waals surface area contributed by atoms with E-state index in [1.165, 1.54) is 10.6 Å². The molecule has 2 rings (SSSR count). The Bertz CT molecular complexity index is 1120. The number of hydrogen-bond acceptors (Lipinski definition) is 4. The van der Waals surface area contributed by atoms with Crippen LogP contribution in [0.4, 0.5) is 5.69 Å². The molecule has 0 saturated carbocycles. The Morgan fingerprint density at radius 1 is 1.06 bits per heavy atom. The van der Waals surface area contributed by atoms with E-state index < -0.39 is 16.1 Å². The third kappa shape index (κ3) is 8.96. The molecule has 192 valence electrons. The molecular formula is C26H36BrN3O4S. The maximum Gasteiger partial charge on any atom is 0.242 e. The summed E-state index contributed by atoms with van der Waals surface area (Å²) < 4.78 is 27.2. The Kier molecular flexibility index (Phi) is 10.8. The molecule has 0 aliphatic heterocycles. The summed E-state index contributed by atoms with van der Waals surface area (Å²) in [4.78, 5) is 27.7. The molecule has 0 spiro atoms. The molecule has 7 nitrogen and oxygen atoms in total. The van der Waals surface area contributed by atoms with Gasteiger partial charge >= 0.3 is 0 Å². The molecule has 0 fully saturated rings. The van der Waals surface area contributed by atoms with Gasteiger partial charge in [0.15, 0.2) is 0 Å². The Balaban J connectivity index is 2.17. The number of hydrogen-bond donors (Lipinski definition) is 1. The van der Waals surface area contributed by atoms with E-state index in [0.29, 0.717) is 24.6 Å². The Labute approximate surface area is 218 Å². The Hall–Kier alpha value is -2.39. The first-order valence-corrected chi connectivity index (χ1v) is 14.4. The summed E-state index contributed by atoms with van der Waals surface area (Å²) in [5.41, 5.74) is 2.35. The van der Waals surface area contributed by atoms with Gasteiger partial charge in [0.05, 0.1) is 11.9 Å². The minimum atomic E-state index is -3.52. The van der Waals surface area contributed by atoms with Crippen LogP contribution in [0.5, 0.6) is 0 Å². The van der Waals surface area contributed by atoms with Crippen LogP contribution in [-0.2, 0) is 26.2 Å². The van der Waals surface area contributed by atoms with E-state index >= 15 is 0 Å². The summed E-state index contributed by atoms with van der Waals surface area (Å²) in [5, 5.41) is 2.91. The summed E-state index contributed by atoms with van der Waals surface area (Å²) in [5.74, 6) is -0.112. The van der Waals surface area contributed by atoms with Gasteiger partial charge in [0, 0.05) is 30.5 Å². The minimum absolute atomic E-state index is 0.119. The number of halogens is 1. The van der Waals surface area contributed by atoms with E-state index in [9.17, 15) is 18.0 Å². The fourth-order valence-corrected chi connectivity index (χ4v) is 5.16. The lowest BCUT2D eigenvalue weighted by Gasteiger charge is -2.30. The first-order chi connectivity index (χ1) is 16.4. The van der Waals surface area contributed by atoms with Crippen LogP contribution in [0.3, 0.4) is 0 Å². The highest BCUT2D eigenvalue weighted by molar-refractivity contribution is 9.10. The molecule has 35 heavy (non-hydrogen) atoms. The fourth-order valence-electron chi connectivity index (χ4n) is 3.69. The number of para-hydroxylation sites is 1. The Morgan fingerprint density at radius 3 is 2.34 bits per heavy atom. The first kappa shape index (κ1) is 28.8. The van der Waals surface area contributed by atoms with E-state index in [4.69, 9.17) is 0 Å². The molecule has 0 heterocycles. The van der Waals surface area contributed by atoms with Crippen molar-refractivity contribution in [2.75, 3.05) is 23.7 Å². The van der Waals surface area contributed by atoms with Crippen molar-refractivity contribution in [2.45, 2.75) is 53.1 Å². The average molecular weight is 567 g/mol.